The molecule has 3 rings (SSSR count). The minimum atomic E-state index is -0.511. The Morgan fingerprint density at radius 3 is 2.70 bits per heavy atom. The molecule has 30 heavy (non-hydrogen) atoms. The van der Waals surface area contributed by atoms with Crippen molar-refractivity contribution in [1.29, 1.82) is 0 Å². The predicted molar refractivity (Wildman–Crippen MR) is 114 cm³/mol. The third-order valence-electron chi connectivity index (χ3n) is 5.25. The van der Waals surface area contributed by atoms with Gasteiger partial charge in [-0.3, -0.25) is 4.79 Å². The monoisotopic (exact) mass is 413 g/mol. The van der Waals surface area contributed by atoms with Crippen molar-refractivity contribution in [2.24, 2.45) is 0 Å². The summed E-state index contributed by atoms with van der Waals surface area (Å²) in [6.07, 6.45) is 2.04. The lowest BCUT2D eigenvalue weighted by Crippen LogP contribution is -2.35. The van der Waals surface area contributed by atoms with Crippen LogP contribution in [0.4, 0.5) is 0 Å². The third-order valence-corrected chi connectivity index (χ3v) is 5.25. The maximum atomic E-state index is 13.1. The Balaban J connectivity index is 2.05. The van der Waals surface area contributed by atoms with Crippen LogP contribution in [0.5, 0.6) is 5.75 Å². The van der Waals surface area contributed by atoms with Crippen LogP contribution in [-0.2, 0) is 19.1 Å². The Bertz CT molecular complexity index is 868. The average molecular weight is 414 g/mol. The van der Waals surface area contributed by atoms with Crippen molar-refractivity contribution in [2.45, 2.75) is 59.0 Å². The Morgan fingerprint density at radius 1 is 1.20 bits per heavy atom. The zero-order chi connectivity index (χ0) is 21.7. The van der Waals surface area contributed by atoms with Gasteiger partial charge in [-0.15, -0.1) is 0 Å². The van der Waals surface area contributed by atoms with Gasteiger partial charge in [0.2, 0.25) is 0 Å². The van der Waals surface area contributed by atoms with Gasteiger partial charge in [-0.05, 0) is 46.6 Å². The van der Waals surface area contributed by atoms with E-state index in [1.165, 1.54) is 0 Å². The quantitative estimate of drug-likeness (QED) is 0.513. The smallest absolute Gasteiger partial charge is 0.336 e. The van der Waals surface area contributed by atoms with Crippen molar-refractivity contribution >= 4 is 11.8 Å². The minimum Gasteiger partial charge on any atom is -0.491 e. The molecule has 0 fully saturated rings. The largest absolute Gasteiger partial charge is 0.491 e. The Morgan fingerprint density at radius 2 is 1.97 bits per heavy atom. The molecule has 2 aliphatic rings. The van der Waals surface area contributed by atoms with Gasteiger partial charge in [0, 0.05) is 35.6 Å². The lowest BCUT2D eigenvalue weighted by molar-refractivity contribution is -0.140. The Hall–Kier alpha value is -2.60. The van der Waals surface area contributed by atoms with Gasteiger partial charge in [0.15, 0.2) is 5.78 Å². The first kappa shape index (κ1) is 22.1. The fourth-order valence-corrected chi connectivity index (χ4v) is 4.06. The van der Waals surface area contributed by atoms with Gasteiger partial charge >= 0.3 is 5.97 Å². The Kier molecular flexibility index (Phi) is 7.32. The van der Waals surface area contributed by atoms with E-state index in [0.717, 1.165) is 24.1 Å². The zero-order valence-corrected chi connectivity index (χ0v) is 18.2. The lowest BCUT2D eigenvalue weighted by atomic mass is 9.75. The molecule has 6 heteroatoms. The number of para-hydroxylation sites is 1. The van der Waals surface area contributed by atoms with Crippen LogP contribution in [0.15, 0.2) is 46.8 Å². The summed E-state index contributed by atoms with van der Waals surface area (Å²) in [5.41, 5.74) is 3.54. The third kappa shape index (κ3) is 4.75. The SMILES string of the molecule is CCOCCOC(=O)C1=C(C)NC2=C(C(=O)CCC2)[C@@H]1c1ccccc1OC(C)C. The molecule has 0 saturated heterocycles. The van der Waals surface area contributed by atoms with E-state index in [4.69, 9.17) is 14.2 Å². The maximum absolute atomic E-state index is 13.1. The second-order valence-electron chi connectivity index (χ2n) is 7.80. The first-order valence-corrected chi connectivity index (χ1v) is 10.7. The van der Waals surface area contributed by atoms with Crippen molar-refractivity contribution in [2.75, 3.05) is 19.8 Å². The van der Waals surface area contributed by atoms with Crippen molar-refractivity contribution in [1.82, 2.24) is 5.32 Å². The number of ether oxygens (including phenoxy) is 3. The van der Waals surface area contributed by atoms with Gasteiger partial charge in [0.25, 0.3) is 0 Å². The highest BCUT2D eigenvalue weighted by molar-refractivity contribution is 6.04. The molecule has 0 spiro atoms. The molecule has 1 aliphatic carbocycles. The van der Waals surface area contributed by atoms with E-state index >= 15 is 0 Å². The summed E-state index contributed by atoms with van der Waals surface area (Å²) in [5, 5.41) is 3.31. The minimum absolute atomic E-state index is 0.0324. The van der Waals surface area contributed by atoms with Crippen LogP contribution < -0.4 is 10.1 Å². The van der Waals surface area contributed by atoms with Crippen LogP contribution in [-0.4, -0.2) is 37.7 Å². The van der Waals surface area contributed by atoms with Crippen LogP contribution in [0, 0.1) is 0 Å². The standard InChI is InChI=1S/C24H31NO5/c1-5-28-13-14-29-24(27)21-16(4)25-18-10-8-11-19(26)23(18)22(21)17-9-6-7-12-20(17)30-15(2)3/h6-7,9,12,15,22,25H,5,8,10-11,13-14H2,1-4H3/t22-/m1/s1. The van der Waals surface area contributed by atoms with Gasteiger partial charge < -0.3 is 19.5 Å². The number of dihydropyridines is 1. The van der Waals surface area contributed by atoms with Crippen molar-refractivity contribution in [3.05, 3.63) is 52.4 Å². The normalized spacial score (nSPS) is 19.0. The molecule has 162 valence electrons. The van der Waals surface area contributed by atoms with E-state index in [9.17, 15) is 9.59 Å². The molecule has 1 heterocycles. The topological polar surface area (TPSA) is 73.9 Å². The van der Waals surface area contributed by atoms with Crippen LogP contribution in [0.1, 0.15) is 58.4 Å². The molecule has 1 aromatic carbocycles. The number of rotatable bonds is 8. The highest BCUT2D eigenvalue weighted by Gasteiger charge is 2.40. The van der Waals surface area contributed by atoms with Crippen LogP contribution >= 0.6 is 0 Å². The van der Waals surface area contributed by atoms with E-state index in [0.29, 0.717) is 42.2 Å². The summed E-state index contributed by atoms with van der Waals surface area (Å²) >= 11 is 0. The molecule has 6 nitrogen and oxygen atoms in total. The summed E-state index contributed by atoms with van der Waals surface area (Å²) < 4.78 is 16.8. The van der Waals surface area contributed by atoms with Crippen LogP contribution in [0.25, 0.3) is 0 Å². The van der Waals surface area contributed by atoms with Gasteiger partial charge in [0.05, 0.1) is 24.2 Å². The number of ketones is 1. The number of esters is 1. The highest BCUT2D eigenvalue weighted by atomic mass is 16.6. The fraction of sp³-hybridized carbons (Fsp3) is 0.500. The van der Waals surface area contributed by atoms with E-state index in [-0.39, 0.29) is 18.5 Å². The highest BCUT2D eigenvalue weighted by Crippen LogP contribution is 2.45. The Labute approximate surface area is 178 Å². The summed E-state index contributed by atoms with van der Waals surface area (Å²) in [6.45, 7) is 8.74. The van der Waals surface area contributed by atoms with E-state index < -0.39 is 11.9 Å². The van der Waals surface area contributed by atoms with Gasteiger partial charge in [-0.2, -0.15) is 0 Å². The molecule has 1 aromatic rings. The molecule has 0 bridgehead atoms. The summed E-state index contributed by atoms with van der Waals surface area (Å²) in [6, 6.07) is 7.63. The van der Waals surface area contributed by atoms with Crippen molar-refractivity contribution in [3.63, 3.8) is 0 Å². The molecule has 0 unspecified atom stereocenters. The molecule has 1 aliphatic heterocycles. The van der Waals surface area contributed by atoms with Crippen LogP contribution in [0.2, 0.25) is 0 Å². The number of Topliss-reactive ketones (excluding diaryl/α,β-unsaturated/α-hetero) is 1. The molecule has 1 atom stereocenters. The predicted octanol–water partition coefficient (Wildman–Crippen LogP) is 4.02. The van der Waals surface area contributed by atoms with Gasteiger partial charge in [-0.1, -0.05) is 18.2 Å². The van der Waals surface area contributed by atoms with Crippen LogP contribution in [0.3, 0.4) is 0 Å². The number of benzene rings is 1. The molecule has 1 N–H and O–H groups in total. The number of carbonyl (C=O) groups is 2. The summed E-state index contributed by atoms with van der Waals surface area (Å²) in [5.74, 6) is -0.199. The van der Waals surface area contributed by atoms with E-state index in [1.807, 2.05) is 52.0 Å². The van der Waals surface area contributed by atoms with Gasteiger partial charge in [-0.25, -0.2) is 4.79 Å². The second kappa shape index (κ2) is 9.94. The molecule has 0 radical (unpaired) electrons. The lowest BCUT2D eigenvalue weighted by Gasteiger charge is -2.35. The molecular formula is C24H31NO5. The summed E-state index contributed by atoms with van der Waals surface area (Å²) in [7, 11) is 0. The first-order chi connectivity index (χ1) is 14.4. The second-order valence-corrected chi connectivity index (χ2v) is 7.80. The van der Waals surface area contributed by atoms with Crippen molar-refractivity contribution < 1.29 is 23.8 Å². The molecular weight excluding hydrogens is 382 g/mol. The van der Waals surface area contributed by atoms with E-state index in [2.05, 4.69) is 5.32 Å². The first-order valence-electron chi connectivity index (χ1n) is 10.7. The summed E-state index contributed by atoms with van der Waals surface area (Å²) in [4.78, 5) is 26.1. The van der Waals surface area contributed by atoms with Gasteiger partial charge in [0.1, 0.15) is 12.4 Å². The number of hydrogen-bond donors (Lipinski definition) is 1. The molecule has 0 amide bonds. The zero-order valence-electron chi connectivity index (χ0n) is 18.2. The number of carbonyl (C=O) groups excluding carboxylic acids is 2. The molecule has 0 saturated carbocycles. The number of allylic oxidation sites excluding steroid dienone is 3. The maximum Gasteiger partial charge on any atom is 0.336 e. The van der Waals surface area contributed by atoms with Crippen molar-refractivity contribution in [3.8, 4) is 5.75 Å². The average Bonchev–Trinajstić information content (AvgIpc) is 2.70. The molecule has 0 aromatic heterocycles. The fourth-order valence-electron chi connectivity index (χ4n) is 4.06. The van der Waals surface area contributed by atoms with E-state index in [1.54, 1.807) is 0 Å². The number of hydrogen-bond acceptors (Lipinski definition) is 6. The number of nitrogens with one attached hydrogen (secondary N) is 1.